The third kappa shape index (κ3) is 2.60. The second-order valence-corrected chi connectivity index (χ2v) is 6.42. The average molecular weight is 224 g/mol. The van der Waals surface area contributed by atoms with Crippen molar-refractivity contribution in [2.24, 2.45) is 23.0 Å². The lowest BCUT2D eigenvalue weighted by Crippen LogP contribution is -2.49. The molecule has 0 radical (unpaired) electrons. The first-order valence-corrected chi connectivity index (χ1v) is 7.08. The van der Waals surface area contributed by atoms with E-state index in [-0.39, 0.29) is 0 Å². The third-order valence-corrected chi connectivity index (χ3v) is 4.98. The summed E-state index contributed by atoms with van der Waals surface area (Å²) in [5.41, 5.74) is 6.44. The van der Waals surface area contributed by atoms with E-state index in [0.717, 1.165) is 18.4 Å². The summed E-state index contributed by atoms with van der Waals surface area (Å²) in [4.78, 5) is 2.67. The van der Waals surface area contributed by atoms with Gasteiger partial charge in [0.15, 0.2) is 0 Å². The molecule has 0 atom stereocenters. The zero-order valence-corrected chi connectivity index (χ0v) is 11.0. The average Bonchev–Trinajstić information content (AvgIpc) is 2.24. The van der Waals surface area contributed by atoms with Gasteiger partial charge in [-0.2, -0.15) is 0 Å². The monoisotopic (exact) mass is 224 g/mol. The van der Waals surface area contributed by atoms with Crippen LogP contribution in [0.2, 0.25) is 0 Å². The van der Waals surface area contributed by atoms with Crippen LogP contribution in [0, 0.1) is 17.3 Å². The standard InChI is InChI=1S/C14H28N2/c1-12(2)13-4-8-16(9-5-13)11-14(10-15)6-3-7-14/h12-13H,3-11,15H2,1-2H3. The van der Waals surface area contributed by atoms with Crippen LogP contribution in [0.25, 0.3) is 0 Å². The Morgan fingerprint density at radius 3 is 2.25 bits per heavy atom. The van der Waals surface area contributed by atoms with Gasteiger partial charge in [-0.05, 0) is 62.6 Å². The summed E-state index contributed by atoms with van der Waals surface area (Å²) < 4.78 is 0. The molecular formula is C14H28N2. The highest BCUT2D eigenvalue weighted by Crippen LogP contribution is 2.41. The highest BCUT2D eigenvalue weighted by molar-refractivity contribution is 4.92. The van der Waals surface area contributed by atoms with Gasteiger partial charge in [-0.15, -0.1) is 0 Å². The Morgan fingerprint density at radius 1 is 1.25 bits per heavy atom. The molecule has 1 saturated heterocycles. The van der Waals surface area contributed by atoms with Crippen LogP contribution in [0.3, 0.4) is 0 Å². The lowest BCUT2D eigenvalue weighted by molar-refractivity contribution is 0.0501. The molecule has 0 amide bonds. The summed E-state index contributed by atoms with van der Waals surface area (Å²) in [5.74, 6) is 1.83. The molecule has 2 N–H and O–H groups in total. The fourth-order valence-corrected chi connectivity index (χ4v) is 3.36. The maximum atomic E-state index is 5.93. The Hall–Kier alpha value is -0.0800. The molecule has 2 fully saturated rings. The second-order valence-electron chi connectivity index (χ2n) is 6.42. The van der Waals surface area contributed by atoms with Crippen LogP contribution >= 0.6 is 0 Å². The molecule has 2 aliphatic rings. The molecule has 16 heavy (non-hydrogen) atoms. The number of nitrogens with two attached hydrogens (primary N) is 1. The molecule has 0 bridgehead atoms. The number of nitrogens with zero attached hydrogens (tertiary/aromatic N) is 1. The van der Waals surface area contributed by atoms with Gasteiger partial charge in [-0.1, -0.05) is 20.3 Å². The zero-order valence-electron chi connectivity index (χ0n) is 11.0. The summed E-state index contributed by atoms with van der Waals surface area (Å²) in [6, 6.07) is 0. The summed E-state index contributed by atoms with van der Waals surface area (Å²) in [6.45, 7) is 9.53. The van der Waals surface area contributed by atoms with Crippen LogP contribution in [0.5, 0.6) is 0 Å². The third-order valence-electron chi connectivity index (χ3n) is 4.98. The van der Waals surface area contributed by atoms with E-state index < -0.39 is 0 Å². The van der Waals surface area contributed by atoms with E-state index >= 15 is 0 Å². The minimum atomic E-state index is 0.505. The number of rotatable bonds is 4. The topological polar surface area (TPSA) is 29.3 Å². The van der Waals surface area contributed by atoms with E-state index in [1.54, 1.807) is 0 Å². The van der Waals surface area contributed by atoms with Crippen LogP contribution in [-0.4, -0.2) is 31.1 Å². The first-order chi connectivity index (χ1) is 7.65. The minimum absolute atomic E-state index is 0.505. The van der Waals surface area contributed by atoms with Crippen molar-refractivity contribution < 1.29 is 0 Å². The normalized spacial score (nSPS) is 27.0. The first-order valence-electron chi connectivity index (χ1n) is 7.08. The molecule has 94 valence electrons. The summed E-state index contributed by atoms with van der Waals surface area (Å²) >= 11 is 0. The SMILES string of the molecule is CC(C)C1CCN(CC2(CN)CCC2)CC1. The molecular weight excluding hydrogens is 196 g/mol. The Labute approximate surface area is 101 Å². The second kappa shape index (κ2) is 5.05. The van der Waals surface area contributed by atoms with E-state index in [0.29, 0.717) is 5.41 Å². The quantitative estimate of drug-likeness (QED) is 0.795. The van der Waals surface area contributed by atoms with Gasteiger partial charge in [0.2, 0.25) is 0 Å². The number of likely N-dealkylation sites (tertiary alicyclic amines) is 1. The Kier molecular flexibility index (Phi) is 3.91. The number of hydrogen-bond acceptors (Lipinski definition) is 2. The van der Waals surface area contributed by atoms with Crippen LogP contribution in [0.4, 0.5) is 0 Å². The zero-order chi connectivity index (χ0) is 11.6. The smallest absolute Gasteiger partial charge is 0.00501 e. The molecule has 1 heterocycles. The van der Waals surface area contributed by atoms with Gasteiger partial charge in [0, 0.05) is 6.54 Å². The van der Waals surface area contributed by atoms with Gasteiger partial charge < -0.3 is 10.6 Å². The molecule has 1 aliphatic heterocycles. The van der Waals surface area contributed by atoms with Crippen LogP contribution in [-0.2, 0) is 0 Å². The predicted octanol–water partition coefficient (Wildman–Crippen LogP) is 2.48. The summed E-state index contributed by atoms with van der Waals surface area (Å²) in [6.07, 6.45) is 6.94. The van der Waals surface area contributed by atoms with Gasteiger partial charge in [0.1, 0.15) is 0 Å². The van der Waals surface area contributed by atoms with Gasteiger partial charge in [-0.25, -0.2) is 0 Å². The van der Waals surface area contributed by atoms with E-state index in [1.807, 2.05) is 0 Å². The molecule has 2 nitrogen and oxygen atoms in total. The molecule has 0 aromatic heterocycles. The van der Waals surface area contributed by atoms with Gasteiger partial charge in [0.05, 0.1) is 0 Å². The van der Waals surface area contributed by atoms with Gasteiger partial charge in [-0.3, -0.25) is 0 Å². The molecule has 0 unspecified atom stereocenters. The molecule has 1 saturated carbocycles. The van der Waals surface area contributed by atoms with Crippen molar-refractivity contribution in [3.05, 3.63) is 0 Å². The highest BCUT2D eigenvalue weighted by Gasteiger charge is 2.37. The van der Waals surface area contributed by atoms with Gasteiger partial charge >= 0.3 is 0 Å². The lowest BCUT2D eigenvalue weighted by Gasteiger charge is -2.46. The molecule has 2 heteroatoms. The highest BCUT2D eigenvalue weighted by atomic mass is 15.1. The maximum absolute atomic E-state index is 5.93. The van der Waals surface area contributed by atoms with Gasteiger partial charge in [0.25, 0.3) is 0 Å². The molecule has 0 spiro atoms. The van der Waals surface area contributed by atoms with Crippen molar-refractivity contribution in [3.8, 4) is 0 Å². The van der Waals surface area contributed by atoms with Crippen molar-refractivity contribution >= 4 is 0 Å². The van der Waals surface area contributed by atoms with Crippen molar-refractivity contribution in [1.29, 1.82) is 0 Å². The van der Waals surface area contributed by atoms with E-state index in [4.69, 9.17) is 5.73 Å². The fraction of sp³-hybridized carbons (Fsp3) is 1.00. The predicted molar refractivity (Wildman–Crippen MR) is 69.3 cm³/mol. The molecule has 0 aromatic carbocycles. The summed E-state index contributed by atoms with van der Waals surface area (Å²) in [7, 11) is 0. The molecule has 0 aromatic rings. The lowest BCUT2D eigenvalue weighted by atomic mass is 9.68. The minimum Gasteiger partial charge on any atom is -0.330 e. The first kappa shape index (κ1) is 12.4. The van der Waals surface area contributed by atoms with E-state index in [2.05, 4.69) is 18.7 Å². The summed E-state index contributed by atoms with van der Waals surface area (Å²) in [5, 5.41) is 0. The van der Waals surface area contributed by atoms with Crippen molar-refractivity contribution in [1.82, 2.24) is 4.90 Å². The van der Waals surface area contributed by atoms with E-state index in [9.17, 15) is 0 Å². The Bertz CT molecular complexity index is 207. The van der Waals surface area contributed by atoms with Crippen LogP contribution in [0.15, 0.2) is 0 Å². The van der Waals surface area contributed by atoms with Crippen LogP contribution in [0.1, 0.15) is 46.0 Å². The van der Waals surface area contributed by atoms with Crippen molar-refractivity contribution in [3.63, 3.8) is 0 Å². The number of piperidine rings is 1. The van der Waals surface area contributed by atoms with Crippen molar-refractivity contribution in [2.45, 2.75) is 46.0 Å². The van der Waals surface area contributed by atoms with Crippen molar-refractivity contribution in [2.75, 3.05) is 26.2 Å². The van der Waals surface area contributed by atoms with E-state index in [1.165, 1.54) is 51.7 Å². The Balaban J connectivity index is 1.76. The molecule has 1 aliphatic carbocycles. The fourth-order valence-electron chi connectivity index (χ4n) is 3.36. The Morgan fingerprint density at radius 2 is 1.88 bits per heavy atom. The molecule has 2 rings (SSSR count). The van der Waals surface area contributed by atoms with Crippen LogP contribution < -0.4 is 5.73 Å². The number of hydrogen-bond donors (Lipinski definition) is 1. The maximum Gasteiger partial charge on any atom is 0.00501 e. The largest absolute Gasteiger partial charge is 0.330 e.